The average molecular weight is 254 g/mol. The van der Waals surface area contributed by atoms with Gasteiger partial charge in [0.2, 0.25) is 10.0 Å². The van der Waals surface area contributed by atoms with E-state index in [1.807, 2.05) is 4.72 Å². The summed E-state index contributed by atoms with van der Waals surface area (Å²) in [6.45, 7) is 0. The number of benzene rings is 1. The number of hydrogen-bond donors (Lipinski definition) is 2. The van der Waals surface area contributed by atoms with Crippen LogP contribution in [-0.2, 0) is 14.8 Å². The lowest BCUT2D eigenvalue weighted by molar-refractivity contribution is -0.120. The predicted octanol–water partition coefficient (Wildman–Crippen LogP) is 0.295. The molecule has 1 saturated carbocycles. The maximum Gasteiger partial charge on any atom is 0.254 e. The first-order valence-electron chi connectivity index (χ1n) is 5.37. The van der Waals surface area contributed by atoms with Crippen LogP contribution in [0.2, 0.25) is 0 Å². The lowest BCUT2D eigenvalue weighted by atomic mass is 10.1. The highest BCUT2D eigenvalue weighted by Gasteiger charge is 2.37. The highest BCUT2D eigenvalue weighted by atomic mass is 32.2. The molecule has 0 saturated heterocycles. The standard InChI is InChI=1S/C11H14N2O3S/c12-10(8-4-2-1-3-5-8)11(14)13-17(15,16)9-6-7-9/h1-5,9-10H,6-7,12H2,(H,13,14). The zero-order valence-corrected chi connectivity index (χ0v) is 9.98. The Labute approximate surface area is 100 Å². The number of hydrogen-bond acceptors (Lipinski definition) is 4. The van der Waals surface area contributed by atoms with Crippen LogP contribution in [0.1, 0.15) is 24.4 Å². The zero-order chi connectivity index (χ0) is 12.5. The monoisotopic (exact) mass is 254 g/mol. The number of nitrogens with one attached hydrogen (secondary N) is 1. The van der Waals surface area contributed by atoms with Gasteiger partial charge in [0.25, 0.3) is 5.91 Å². The van der Waals surface area contributed by atoms with Crippen LogP contribution < -0.4 is 10.5 Å². The molecule has 1 fully saturated rings. The summed E-state index contributed by atoms with van der Waals surface area (Å²) in [5.74, 6) is -0.678. The van der Waals surface area contributed by atoms with Crippen LogP contribution in [0.4, 0.5) is 0 Å². The molecular weight excluding hydrogens is 240 g/mol. The normalized spacial score (nSPS) is 17.5. The van der Waals surface area contributed by atoms with E-state index in [0.29, 0.717) is 18.4 Å². The van der Waals surface area contributed by atoms with E-state index in [0.717, 1.165) is 0 Å². The van der Waals surface area contributed by atoms with Crippen molar-refractivity contribution in [1.29, 1.82) is 0 Å². The van der Waals surface area contributed by atoms with Gasteiger partial charge in [-0.25, -0.2) is 8.42 Å². The van der Waals surface area contributed by atoms with Gasteiger partial charge in [0, 0.05) is 0 Å². The maximum absolute atomic E-state index is 11.7. The van der Waals surface area contributed by atoms with Crippen molar-refractivity contribution in [1.82, 2.24) is 4.72 Å². The largest absolute Gasteiger partial charge is 0.316 e. The Morgan fingerprint density at radius 1 is 1.29 bits per heavy atom. The molecule has 1 aromatic carbocycles. The Hall–Kier alpha value is -1.40. The number of rotatable bonds is 4. The van der Waals surface area contributed by atoms with E-state index in [2.05, 4.69) is 0 Å². The molecule has 1 unspecified atom stereocenters. The predicted molar refractivity (Wildman–Crippen MR) is 63.5 cm³/mol. The van der Waals surface area contributed by atoms with E-state index in [1.54, 1.807) is 30.3 Å². The first-order valence-corrected chi connectivity index (χ1v) is 6.91. The van der Waals surface area contributed by atoms with Crippen LogP contribution in [0.15, 0.2) is 30.3 Å². The molecule has 0 aromatic heterocycles. The van der Waals surface area contributed by atoms with Crippen molar-refractivity contribution in [3.05, 3.63) is 35.9 Å². The summed E-state index contributed by atoms with van der Waals surface area (Å²) >= 11 is 0. The Kier molecular flexibility index (Phi) is 3.17. The summed E-state index contributed by atoms with van der Waals surface area (Å²) in [5, 5.41) is -0.422. The second kappa shape index (κ2) is 4.46. The zero-order valence-electron chi connectivity index (χ0n) is 9.17. The summed E-state index contributed by atoms with van der Waals surface area (Å²) in [6, 6.07) is 7.72. The fourth-order valence-corrected chi connectivity index (χ4v) is 2.81. The van der Waals surface area contributed by atoms with Gasteiger partial charge < -0.3 is 5.73 Å². The van der Waals surface area contributed by atoms with Crippen molar-refractivity contribution in [2.45, 2.75) is 24.1 Å². The van der Waals surface area contributed by atoms with E-state index in [-0.39, 0.29) is 0 Å². The number of carbonyl (C=O) groups excluding carboxylic acids is 1. The van der Waals surface area contributed by atoms with Crippen LogP contribution in [0.25, 0.3) is 0 Å². The van der Waals surface area contributed by atoms with E-state index < -0.39 is 27.2 Å². The minimum absolute atomic E-state index is 0.422. The third-order valence-electron chi connectivity index (χ3n) is 2.65. The SMILES string of the molecule is NC(C(=O)NS(=O)(=O)C1CC1)c1ccccc1. The molecule has 0 spiro atoms. The average Bonchev–Trinajstić information content (AvgIpc) is 3.12. The molecular formula is C11H14N2O3S. The summed E-state index contributed by atoms with van der Waals surface area (Å²) in [4.78, 5) is 11.7. The van der Waals surface area contributed by atoms with Gasteiger partial charge in [0.15, 0.2) is 0 Å². The molecule has 0 radical (unpaired) electrons. The molecule has 1 aliphatic carbocycles. The highest BCUT2D eigenvalue weighted by molar-refractivity contribution is 7.90. The van der Waals surface area contributed by atoms with Crippen molar-refractivity contribution in [3.8, 4) is 0 Å². The summed E-state index contributed by atoms with van der Waals surface area (Å²) in [5.41, 5.74) is 6.28. The summed E-state index contributed by atoms with van der Waals surface area (Å²) < 4.78 is 25.1. The van der Waals surface area contributed by atoms with Gasteiger partial charge in [-0.05, 0) is 18.4 Å². The first-order chi connectivity index (χ1) is 8.00. The summed E-state index contributed by atoms with van der Waals surface area (Å²) in [6.07, 6.45) is 1.23. The molecule has 92 valence electrons. The molecule has 0 aliphatic heterocycles. The van der Waals surface area contributed by atoms with Gasteiger partial charge >= 0.3 is 0 Å². The topological polar surface area (TPSA) is 89.3 Å². The van der Waals surface area contributed by atoms with Crippen LogP contribution in [0.5, 0.6) is 0 Å². The molecule has 1 aliphatic rings. The van der Waals surface area contributed by atoms with Gasteiger partial charge in [0.05, 0.1) is 5.25 Å². The second-order valence-electron chi connectivity index (χ2n) is 4.10. The third-order valence-corrected chi connectivity index (χ3v) is 4.48. The highest BCUT2D eigenvalue weighted by Crippen LogP contribution is 2.27. The molecule has 6 heteroatoms. The van der Waals surface area contributed by atoms with Gasteiger partial charge in [-0.2, -0.15) is 0 Å². The number of carbonyl (C=O) groups is 1. The molecule has 5 nitrogen and oxygen atoms in total. The molecule has 0 bridgehead atoms. The van der Waals surface area contributed by atoms with Crippen molar-refractivity contribution in [3.63, 3.8) is 0 Å². The summed E-state index contributed by atoms with van der Waals surface area (Å²) in [7, 11) is -3.52. The van der Waals surface area contributed by atoms with Gasteiger partial charge in [-0.3, -0.25) is 9.52 Å². The maximum atomic E-state index is 11.7. The molecule has 2 rings (SSSR count). The van der Waals surface area contributed by atoms with Crippen molar-refractivity contribution < 1.29 is 13.2 Å². The fraction of sp³-hybridized carbons (Fsp3) is 0.364. The number of amides is 1. The van der Waals surface area contributed by atoms with Crippen LogP contribution in [-0.4, -0.2) is 19.6 Å². The second-order valence-corrected chi connectivity index (χ2v) is 6.06. The quantitative estimate of drug-likeness (QED) is 0.808. The smallest absolute Gasteiger partial charge is 0.254 e. The molecule has 0 heterocycles. The Morgan fingerprint density at radius 2 is 1.88 bits per heavy atom. The number of nitrogens with two attached hydrogens (primary N) is 1. The van der Waals surface area contributed by atoms with E-state index >= 15 is 0 Å². The molecule has 1 amide bonds. The number of sulfonamides is 1. The third kappa shape index (κ3) is 2.83. The Balaban J connectivity index is 2.06. The van der Waals surface area contributed by atoms with E-state index in [4.69, 9.17) is 5.73 Å². The Morgan fingerprint density at radius 3 is 2.41 bits per heavy atom. The molecule has 3 N–H and O–H groups in total. The van der Waals surface area contributed by atoms with Crippen molar-refractivity contribution in [2.24, 2.45) is 5.73 Å². The van der Waals surface area contributed by atoms with Gasteiger partial charge in [-0.1, -0.05) is 30.3 Å². The van der Waals surface area contributed by atoms with Crippen LogP contribution >= 0.6 is 0 Å². The van der Waals surface area contributed by atoms with Crippen LogP contribution in [0, 0.1) is 0 Å². The molecule has 1 atom stereocenters. The van der Waals surface area contributed by atoms with Crippen molar-refractivity contribution in [2.75, 3.05) is 0 Å². The molecule has 17 heavy (non-hydrogen) atoms. The Bertz CT molecular complexity index is 509. The fourth-order valence-electron chi connectivity index (χ4n) is 1.48. The minimum Gasteiger partial charge on any atom is -0.316 e. The van der Waals surface area contributed by atoms with E-state index in [1.165, 1.54) is 0 Å². The van der Waals surface area contributed by atoms with Gasteiger partial charge in [-0.15, -0.1) is 0 Å². The lowest BCUT2D eigenvalue weighted by Crippen LogP contribution is -2.39. The van der Waals surface area contributed by atoms with Gasteiger partial charge in [0.1, 0.15) is 6.04 Å². The minimum atomic E-state index is -3.52. The first kappa shape index (κ1) is 12.1. The molecule has 1 aromatic rings. The van der Waals surface area contributed by atoms with E-state index in [9.17, 15) is 13.2 Å². The van der Waals surface area contributed by atoms with Crippen LogP contribution in [0.3, 0.4) is 0 Å². The van der Waals surface area contributed by atoms with Crippen molar-refractivity contribution >= 4 is 15.9 Å². The lowest BCUT2D eigenvalue weighted by Gasteiger charge is -2.12.